The fourth-order valence-electron chi connectivity index (χ4n) is 4.06. The highest BCUT2D eigenvalue weighted by atomic mass is 32.2. The maximum atomic E-state index is 12.9. The normalized spacial score (nSPS) is 21.7. The maximum absolute atomic E-state index is 12.9. The van der Waals surface area contributed by atoms with E-state index in [-0.39, 0.29) is 16.2 Å². The molecule has 0 radical (unpaired) electrons. The van der Waals surface area contributed by atoms with Gasteiger partial charge in [-0.15, -0.1) is 0 Å². The molecule has 28 heavy (non-hydrogen) atoms. The Morgan fingerprint density at radius 2 is 1.68 bits per heavy atom. The maximum Gasteiger partial charge on any atom is 0.251 e. The number of amides is 1. The molecule has 1 saturated heterocycles. The molecule has 1 heterocycles. The molecular formula is C21H35N3O3S. The number of benzene rings is 1. The first-order valence-corrected chi connectivity index (χ1v) is 11.4. The fourth-order valence-corrected chi connectivity index (χ4v) is 5.74. The van der Waals surface area contributed by atoms with E-state index in [9.17, 15) is 13.2 Å². The van der Waals surface area contributed by atoms with Crippen molar-refractivity contribution in [2.24, 2.45) is 17.3 Å². The lowest BCUT2D eigenvalue weighted by Gasteiger charge is -2.34. The summed E-state index contributed by atoms with van der Waals surface area (Å²) in [4.78, 5) is 14.8. The summed E-state index contributed by atoms with van der Waals surface area (Å²) >= 11 is 0. The minimum atomic E-state index is -3.52. The average molecular weight is 410 g/mol. The third-order valence-corrected chi connectivity index (χ3v) is 6.91. The van der Waals surface area contributed by atoms with Crippen molar-refractivity contribution in [1.29, 1.82) is 0 Å². The molecule has 1 aromatic rings. The Labute approximate surface area is 170 Å². The molecule has 1 fully saturated rings. The Morgan fingerprint density at radius 1 is 1.14 bits per heavy atom. The number of piperidine rings is 1. The van der Waals surface area contributed by atoms with Gasteiger partial charge in [0.1, 0.15) is 0 Å². The van der Waals surface area contributed by atoms with Gasteiger partial charge in [-0.2, -0.15) is 4.31 Å². The largest absolute Gasteiger partial charge is 0.351 e. The lowest BCUT2D eigenvalue weighted by molar-refractivity contribution is 0.0929. The second kappa shape index (κ2) is 8.93. The highest BCUT2D eigenvalue weighted by Gasteiger charge is 2.31. The Balaban J connectivity index is 2.05. The molecule has 1 amide bonds. The average Bonchev–Trinajstić information content (AvgIpc) is 2.58. The van der Waals surface area contributed by atoms with Crippen molar-refractivity contribution in [1.82, 2.24) is 14.5 Å². The highest BCUT2D eigenvalue weighted by molar-refractivity contribution is 7.89. The van der Waals surface area contributed by atoms with Crippen LogP contribution in [0.5, 0.6) is 0 Å². The van der Waals surface area contributed by atoms with Crippen LogP contribution in [-0.2, 0) is 10.0 Å². The van der Waals surface area contributed by atoms with Gasteiger partial charge >= 0.3 is 0 Å². The van der Waals surface area contributed by atoms with E-state index in [1.165, 1.54) is 0 Å². The monoisotopic (exact) mass is 409 g/mol. The lowest BCUT2D eigenvalue weighted by atomic mass is 9.93. The fraction of sp³-hybridized carbons (Fsp3) is 0.667. The van der Waals surface area contributed by atoms with Crippen LogP contribution >= 0.6 is 0 Å². The van der Waals surface area contributed by atoms with Gasteiger partial charge in [-0.1, -0.05) is 27.7 Å². The van der Waals surface area contributed by atoms with Crippen molar-refractivity contribution in [3.63, 3.8) is 0 Å². The number of sulfonamides is 1. The SMILES string of the molecule is C[C@H]1C[C@H](C)CN(S(=O)(=O)c2ccc(C(=O)NCC(C)(C)CN(C)C)cc2)C1. The van der Waals surface area contributed by atoms with E-state index >= 15 is 0 Å². The summed E-state index contributed by atoms with van der Waals surface area (Å²) in [5, 5.41) is 2.95. The summed E-state index contributed by atoms with van der Waals surface area (Å²) in [6, 6.07) is 6.27. The topological polar surface area (TPSA) is 69.7 Å². The second-order valence-electron chi connectivity index (χ2n) is 9.38. The Kier molecular flexibility index (Phi) is 7.28. The molecule has 0 bridgehead atoms. The highest BCUT2D eigenvalue weighted by Crippen LogP contribution is 2.26. The van der Waals surface area contributed by atoms with Gasteiger partial charge in [0.05, 0.1) is 4.90 Å². The molecule has 1 aromatic carbocycles. The Hall–Kier alpha value is -1.44. The molecule has 6 nitrogen and oxygen atoms in total. The Morgan fingerprint density at radius 3 is 2.18 bits per heavy atom. The Bertz CT molecular complexity index is 763. The first-order chi connectivity index (χ1) is 12.9. The van der Waals surface area contributed by atoms with Crippen molar-refractivity contribution in [3.05, 3.63) is 29.8 Å². The van der Waals surface area contributed by atoms with Crippen LogP contribution in [0.1, 0.15) is 44.5 Å². The lowest BCUT2D eigenvalue weighted by Crippen LogP contribution is -2.42. The zero-order valence-electron chi connectivity index (χ0n) is 18.0. The quantitative estimate of drug-likeness (QED) is 0.752. The summed E-state index contributed by atoms with van der Waals surface area (Å²) in [7, 11) is 0.490. The number of hydrogen-bond acceptors (Lipinski definition) is 4. The molecule has 1 aliphatic rings. The van der Waals surface area contributed by atoms with Gasteiger partial charge in [0.15, 0.2) is 0 Å². The zero-order valence-corrected chi connectivity index (χ0v) is 18.8. The molecule has 0 aromatic heterocycles. The molecule has 0 saturated carbocycles. The predicted molar refractivity (Wildman–Crippen MR) is 113 cm³/mol. The van der Waals surface area contributed by atoms with Crippen LogP contribution in [0.4, 0.5) is 0 Å². The van der Waals surface area contributed by atoms with Crippen molar-refractivity contribution >= 4 is 15.9 Å². The van der Waals surface area contributed by atoms with Crippen LogP contribution < -0.4 is 5.32 Å². The molecule has 158 valence electrons. The van der Waals surface area contributed by atoms with Gasteiger partial charge in [-0.3, -0.25) is 4.79 Å². The molecular weight excluding hydrogens is 374 g/mol. The zero-order chi connectivity index (χ0) is 21.1. The van der Waals surface area contributed by atoms with Crippen LogP contribution in [0.2, 0.25) is 0 Å². The van der Waals surface area contributed by atoms with Crippen molar-refractivity contribution in [2.45, 2.75) is 39.0 Å². The molecule has 0 aliphatic carbocycles. The summed E-state index contributed by atoms with van der Waals surface area (Å²) in [5.41, 5.74) is 0.421. The van der Waals surface area contributed by atoms with Gasteiger partial charge in [0, 0.05) is 31.7 Å². The molecule has 2 rings (SSSR count). The molecule has 0 unspecified atom stereocenters. The van der Waals surface area contributed by atoms with E-state index in [4.69, 9.17) is 0 Å². The van der Waals surface area contributed by atoms with E-state index < -0.39 is 10.0 Å². The summed E-state index contributed by atoms with van der Waals surface area (Å²) in [6.07, 6.45) is 1.05. The van der Waals surface area contributed by atoms with Crippen molar-refractivity contribution < 1.29 is 13.2 Å². The van der Waals surface area contributed by atoms with Crippen molar-refractivity contribution in [3.8, 4) is 0 Å². The number of carbonyl (C=O) groups excluding carboxylic acids is 1. The van der Waals surface area contributed by atoms with E-state index in [0.29, 0.717) is 37.0 Å². The van der Waals surface area contributed by atoms with Crippen LogP contribution in [0, 0.1) is 17.3 Å². The molecule has 2 atom stereocenters. The number of rotatable bonds is 7. The van der Waals surface area contributed by atoms with Gasteiger partial charge < -0.3 is 10.2 Å². The van der Waals surface area contributed by atoms with E-state index in [1.807, 2.05) is 14.1 Å². The van der Waals surface area contributed by atoms with Gasteiger partial charge in [0.2, 0.25) is 10.0 Å². The van der Waals surface area contributed by atoms with Crippen LogP contribution in [0.25, 0.3) is 0 Å². The molecule has 0 spiro atoms. The second-order valence-corrected chi connectivity index (χ2v) is 11.3. The smallest absolute Gasteiger partial charge is 0.251 e. The van der Waals surface area contributed by atoms with Crippen LogP contribution in [-0.4, -0.2) is 63.8 Å². The van der Waals surface area contributed by atoms with E-state index in [1.54, 1.807) is 28.6 Å². The molecule has 1 N–H and O–H groups in total. The number of hydrogen-bond donors (Lipinski definition) is 1. The van der Waals surface area contributed by atoms with E-state index in [0.717, 1.165) is 13.0 Å². The van der Waals surface area contributed by atoms with E-state index in [2.05, 4.69) is 37.9 Å². The van der Waals surface area contributed by atoms with Crippen LogP contribution in [0.3, 0.4) is 0 Å². The number of nitrogens with zero attached hydrogens (tertiary/aromatic N) is 2. The molecule has 7 heteroatoms. The van der Waals surface area contributed by atoms with Crippen molar-refractivity contribution in [2.75, 3.05) is 40.3 Å². The summed E-state index contributed by atoms with van der Waals surface area (Å²) in [5.74, 6) is 0.527. The van der Waals surface area contributed by atoms with Gasteiger partial charge in [-0.25, -0.2) is 8.42 Å². The summed E-state index contributed by atoms with van der Waals surface area (Å²) in [6.45, 7) is 10.9. The third kappa shape index (κ3) is 6.03. The number of carbonyl (C=O) groups is 1. The standard InChI is InChI=1S/C21H35N3O3S/c1-16-11-17(2)13-24(12-16)28(26,27)19-9-7-18(8-10-19)20(25)22-14-21(3,4)15-23(5)6/h7-10,16-17H,11-15H2,1-6H3,(H,22,25)/t16-,17-/m0/s1. The van der Waals surface area contributed by atoms with Gasteiger partial charge in [0.25, 0.3) is 5.91 Å². The van der Waals surface area contributed by atoms with Gasteiger partial charge in [-0.05, 0) is 62.0 Å². The summed E-state index contributed by atoms with van der Waals surface area (Å²) < 4.78 is 27.5. The first kappa shape index (κ1) is 22.8. The first-order valence-electron chi connectivity index (χ1n) is 9.94. The third-order valence-electron chi connectivity index (χ3n) is 5.06. The predicted octanol–water partition coefficient (Wildman–Crippen LogP) is 2.67. The minimum absolute atomic E-state index is 0.0515. The molecule has 1 aliphatic heterocycles. The van der Waals surface area contributed by atoms with Crippen LogP contribution in [0.15, 0.2) is 29.2 Å². The number of nitrogens with one attached hydrogen (secondary N) is 1. The minimum Gasteiger partial charge on any atom is -0.351 e.